The van der Waals surface area contributed by atoms with Crippen LogP contribution in [0.5, 0.6) is 0 Å². The van der Waals surface area contributed by atoms with E-state index in [4.69, 9.17) is 5.73 Å². The zero-order valence-corrected chi connectivity index (χ0v) is 15.6. The van der Waals surface area contributed by atoms with E-state index in [1.54, 1.807) is 0 Å². The van der Waals surface area contributed by atoms with Gasteiger partial charge >= 0.3 is 35.7 Å². The summed E-state index contributed by atoms with van der Waals surface area (Å²) in [5.41, 5.74) is 2.95. The van der Waals surface area contributed by atoms with Crippen molar-refractivity contribution in [3.8, 4) is 11.3 Å². The Labute approximate surface area is 165 Å². The predicted molar refractivity (Wildman–Crippen MR) is 76.9 cm³/mol. The third kappa shape index (κ3) is 3.27. The summed E-state index contributed by atoms with van der Waals surface area (Å²) < 4.78 is 54.7. The topological polar surface area (TPSA) is 96.3 Å². The number of aromatic nitrogens is 3. The zero-order valence-electron chi connectivity index (χ0n) is 13.6. The molecule has 11 heteroatoms. The van der Waals surface area contributed by atoms with Crippen molar-refractivity contribution in [2.45, 2.75) is 13.1 Å². The van der Waals surface area contributed by atoms with Crippen LogP contribution in [0.2, 0.25) is 0 Å². The minimum Gasteiger partial charge on any atom is -0.545 e. The van der Waals surface area contributed by atoms with Crippen molar-refractivity contribution in [3.63, 3.8) is 0 Å². The second-order valence-electron chi connectivity index (χ2n) is 5.26. The van der Waals surface area contributed by atoms with E-state index in [-0.39, 0.29) is 46.4 Å². The zero-order chi connectivity index (χ0) is 18.5. The van der Waals surface area contributed by atoms with Gasteiger partial charge in [-0.05, 0) is 30.7 Å². The Morgan fingerprint density at radius 3 is 2.50 bits per heavy atom. The van der Waals surface area contributed by atoms with Crippen LogP contribution in [0, 0.1) is 12.7 Å². The van der Waals surface area contributed by atoms with Crippen LogP contribution in [0.15, 0.2) is 24.5 Å². The molecule has 0 unspecified atom stereocenters. The SMILES string of the molecule is Cc1c(F)cc(-c2cc(C(F)(F)F)c3c(N)ncnn23)cc1C(=O)[O-].[Na+]. The summed E-state index contributed by atoms with van der Waals surface area (Å²) in [4.78, 5) is 14.7. The van der Waals surface area contributed by atoms with Gasteiger partial charge in [-0.15, -0.1) is 0 Å². The smallest absolute Gasteiger partial charge is 0.545 e. The molecule has 6 nitrogen and oxygen atoms in total. The Morgan fingerprint density at radius 1 is 1.27 bits per heavy atom. The van der Waals surface area contributed by atoms with Crippen LogP contribution in [-0.2, 0) is 6.18 Å². The molecule has 0 amide bonds. The Balaban J connectivity index is 0.00000243. The number of nitrogen functional groups attached to an aromatic ring is 1. The van der Waals surface area contributed by atoms with E-state index in [9.17, 15) is 27.5 Å². The van der Waals surface area contributed by atoms with Gasteiger partial charge in [0.2, 0.25) is 0 Å². The molecule has 130 valence electrons. The van der Waals surface area contributed by atoms with Crippen molar-refractivity contribution in [2.24, 2.45) is 0 Å². The molecule has 26 heavy (non-hydrogen) atoms. The Bertz CT molecular complexity index is 1020. The second kappa shape index (κ2) is 6.86. The second-order valence-corrected chi connectivity index (χ2v) is 5.26. The minimum absolute atomic E-state index is 0. The number of nitrogens with two attached hydrogens (primary N) is 1. The van der Waals surface area contributed by atoms with Gasteiger partial charge < -0.3 is 15.6 Å². The number of benzene rings is 1. The number of hydrogen-bond donors (Lipinski definition) is 1. The number of hydrogen-bond acceptors (Lipinski definition) is 5. The predicted octanol–water partition coefficient (Wildman–Crippen LogP) is -1.19. The molecule has 2 heterocycles. The molecule has 0 atom stereocenters. The fourth-order valence-corrected chi connectivity index (χ4v) is 2.53. The third-order valence-corrected chi connectivity index (χ3v) is 3.75. The van der Waals surface area contributed by atoms with Crippen LogP contribution in [-0.4, -0.2) is 20.6 Å². The molecule has 0 aliphatic heterocycles. The van der Waals surface area contributed by atoms with E-state index < -0.39 is 40.4 Å². The first-order chi connectivity index (χ1) is 11.6. The summed E-state index contributed by atoms with van der Waals surface area (Å²) in [7, 11) is 0. The molecule has 2 aromatic heterocycles. The van der Waals surface area contributed by atoms with Crippen LogP contribution in [0.25, 0.3) is 16.8 Å². The molecule has 0 aliphatic rings. The number of rotatable bonds is 2. The van der Waals surface area contributed by atoms with Gasteiger partial charge in [0, 0.05) is 11.1 Å². The molecule has 0 bridgehead atoms. The summed E-state index contributed by atoms with van der Waals surface area (Å²) >= 11 is 0. The molecule has 3 aromatic rings. The first-order valence-corrected chi connectivity index (χ1v) is 6.82. The number of carbonyl (C=O) groups is 1. The first-order valence-electron chi connectivity index (χ1n) is 6.82. The molecule has 0 saturated carbocycles. The maximum absolute atomic E-state index is 14.0. The van der Waals surface area contributed by atoms with Gasteiger partial charge in [-0.25, -0.2) is 13.9 Å². The van der Waals surface area contributed by atoms with E-state index in [0.29, 0.717) is 6.07 Å². The summed E-state index contributed by atoms with van der Waals surface area (Å²) in [6.07, 6.45) is -3.82. The third-order valence-electron chi connectivity index (χ3n) is 3.75. The van der Waals surface area contributed by atoms with Gasteiger partial charge in [0.05, 0.1) is 17.2 Å². The number of carboxylic acid groups (broad SMARTS) is 1. The Hall–Kier alpha value is -2.17. The first kappa shape index (κ1) is 20.1. The summed E-state index contributed by atoms with van der Waals surface area (Å²) in [6, 6.07) is 2.65. The number of fused-ring (bicyclic) bond motifs is 1. The number of alkyl halides is 3. The summed E-state index contributed by atoms with van der Waals surface area (Å²) in [5, 5.41) is 14.8. The quantitative estimate of drug-likeness (QED) is 0.448. The number of nitrogens with zero attached hydrogens (tertiary/aromatic N) is 3. The van der Waals surface area contributed by atoms with Crippen LogP contribution in [0.3, 0.4) is 0 Å². The van der Waals surface area contributed by atoms with Gasteiger partial charge in [-0.3, -0.25) is 0 Å². The average Bonchev–Trinajstić information content (AvgIpc) is 2.91. The van der Waals surface area contributed by atoms with Crippen molar-refractivity contribution in [1.82, 2.24) is 14.6 Å². The maximum Gasteiger partial charge on any atom is 1.00 e. The Morgan fingerprint density at radius 2 is 1.92 bits per heavy atom. The number of aromatic carboxylic acids is 1. The van der Waals surface area contributed by atoms with Gasteiger partial charge in [0.15, 0.2) is 5.82 Å². The number of halogens is 4. The van der Waals surface area contributed by atoms with E-state index in [0.717, 1.165) is 23.0 Å². The van der Waals surface area contributed by atoms with Gasteiger partial charge in [-0.1, -0.05) is 0 Å². The van der Waals surface area contributed by atoms with E-state index in [2.05, 4.69) is 10.1 Å². The molecule has 1 aromatic carbocycles. The van der Waals surface area contributed by atoms with Crippen molar-refractivity contribution in [1.29, 1.82) is 0 Å². The van der Waals surface area contributed by atoms with Crippen LogP contribution >= 0.6 is 0 Å². The standard InChI is InChI=1S/C15H10F4N4O2.Na/c1-6-8(14(24)25)2-7(3-10(6)16)11-4-9(15(17,18)19)12-13(20)21-5-22-23(11)12;/h2-5H,1H3,(H,24,25)(H2,20,21,22);/q;+1/p-1. The molecular weight excluding hydrogens is 367 g/mol. The molecule has 2 N–H and O–H groups in total. The monoisotopic (exact) mass is 376 g/mol. The number of carboxylic acids is 1. The minimum atomic E-state index is -4.76. The molecule has 0 saturated heterocycles. The van der Waals surface area contributed by atoms with Crippen molar-refractivity contribution in [3.05, 3.63) is 47.0 Å². The van der Waals surface area contributed by atoms with Crippen molar-refractivity contribution < 1.29 is 57.0 Å². The summed E-state index contributed by atoms with van der Waals surface area (Å²) in [6.45, 7) is 1.22. The van der Waals surface area contributed by atoms with Gasteiger partial charge in [0.1, 0.15) is 17.7 Å². The molecule has 0 aliphatic carbocycles. The molecule has 0 radical (unpaired) electrons. The van der Waals surface area contributed by atoms with Gasteiger partial charge in [0.25, 0.3) is 0 Å². The number of anilines is 1. The van der Waals surface area contributed by atoms with E-state index in [1.807, 2.05) is 0 Å². The van der Waals surface area contributed by atoms with Gasteiger partial charge in [-0.2, -0.15) is 18.3 Å². The van der Waals surface area contributed by atoms with Crippen LogP contribution in [0.4, 0.5) is 23.4 Å². The van der Waals surface area contributed by atoms with Crippen LogP contribution in [0.1, 0.15) is 21.5 Å². The number of carbonyl (C=O) groups excluding carboxylic acids is 1. The van der Waals surface area contributed by atoms with Crippen molar-refractivity contribution >= 4 is 17.3 Å². The molecule has 3 rings (SSSR count). The molecule has 0 fully saturated rings. The van der Waals surface area contributed by atoms with E-state index >= 15 is 0 Å². The maximum atomic E-state index is 14.0. The fraction of sp³-hybridized carbons (Fsp3) is 0.133. The molecular formula is C15H9F4N4NaO2. The van der Waals surface area contributed by atoms with E-state index in [1.165, 1.54) is 6.92 Å². The van der Waals surface area contributed by atoms with Crippen LogP contribution < -0.4 is 40.4 Å². The average molecular weight is 376 g/mol. The fourth-order valence-electron chi connectivity index (χ4n) is 2.53. The van der Waals surface area contributed by atoms with Crippen molar-refractivity contribution in [2.75, 3.05) is 5.73 Å². The molecule has 0 spiro atoms. The Kier molecular flexibility index (Phi) is 5.31. The normalized spacial score (nSPS) is 11.4. The summed E-state index contributed by atoms with van der Waals surface area (Å²) in [5.74, 6) is -2.96. The largest absolute Gasteiger partial charge is 1.00 e.